The number of nitrogens with one attached hydrogen (secondary N) is 1. The molecule has 162 valence electrons. The Labute approximate surface area is 177 Å². The summed E-state index contributed by atoms with van der Waals surface area (Å²) < 4.78 is 53.1. The number of aromatic nitrogens is 5. The fraction of sp³-hybridized carbons (Fsp3) is 0.143. The molecule has 0 fully saturated rings. The molecule has 5 aromatic rings. The van der Waals surface area contributed by atoms with Crippen molar-refractivity contribution in [2.45, 2.75) is 13.1 Å². The molecule has 1 N–H and O–H groups in total. The number of rotatable bonds is 3. The SMILES string of the molecule is COc1cccc2oc(-c3c(C)nc4c(-c5ccccn5)c(C(F)(F)F)[nH]n4c3=O)nc12. The highest BCUT2D eigenvalue weighted by Gasteiger charge is 2.39. The number of hydrogen-bond acceptors (Lipinski definition) is 6. The predicted octanol–water partition coefficient (Wildman–Crippen LogP) is 4.23. The van der Waals surface area contributed by atoms with Gasteiger partial charge in [0.15, 0.2) is 16.7 Å². The summed E-state index contributed by atoms with van der Waals surface area (Å²) in [7, 11) is 1.47. The second-order valence-corrected chi connectivity index (χ2v) is 6.94. The number of nitrogens with zero attached hydrogens (tertiary/aromatic N) is 4. The fourth-order valence-electron chi connectivity index (χ4n) is 3.58. The van der Waals surface area contributed by atoms with Crippen molar-refractivity contribution in [2.24, 2.45) is 0 Å². The lowest BCUT2D eigenvalue weighted by Gasteiger charge is -2.06. The largest absolute Gasteiger partial charge is 0.494 e. The van der Waals surface area contributed by atoms with E-state index in [1.165, 1.54) is 26.3 Å². The Morgan fingerprint density at radius 1 is 1.09 bits per heavy atom. The van der Waals surface area contributed by atoms with E-state index in [9.17, 15) is 18.0 Å². The molecule has 0 aliphatic carbocycles. The first-order valence-corrected chi connectivity index (χ1v) is 9.37. The molecule has 0 saturated heterocycles. The number of oxazole rings is 1. The highest BCUT2D eigenvalue weighted by atomic mass is 19.4. The van der Waals surface area contributed by atoms with Gasteiger partial charge in [-0.3, -0.25) is 14.9 Å². The van der Waals surface area contributed by atoms with Crippen LogP contribution in [0, 0.1) is 6.92 Å². The number of alkyl halides is 3. The fourth-order valence-corrected chi connectivity index (χ4v) is 3.58. The van der Waals surface area contributed by atoms with Gasteiger partial charge in [-0.05, 0) is 31.2 Å². The van der Waals surface area contributed by atoms with Crippen LogP contribution in [0.4, 0.5) is 13.2 Å². The third kappa shape index (κ3) is 2.93. The van der Waals surface area contributed by atoms with Crippen molar-refractivity contribution in [3.8, 4) is 28.5 Å². The van der Waals surface area contributed by atoms with E-state index in [1.807, 2.05) is 0 Å². The highest BCUT2D eigenvalue weighted by Crippen LogP contribution is 2.38. The van der Waals surface area contributed by atoms with Gasteiger partial charge >= 0.3 is 6.18 Å². The van der Waals surface area contributed by atoms with E-state index in [0.29, 0.717) is 16.8 Å². The molecule has 0 bridgehead atoms. The van der Waals surface area contributed by atoms with E-state index in [4.69, 9.17) is 9.15 Å². The number of benzene rings is 1. The van der Waals surface area contributed by atoms with Gasteiger partial charge in [-0.2, -0.15) is 17.7 Å². The second kappa shape index (κ2) is 6.94. The number of halogens is 3. The molecule has 32 heavy (non-hydrogen) atoms. The molecule has 5 rings (SSSR count). The van der Waals surface area contributed by atoms with Crippen LogP contribution in [0.25, 0.3) is 39.5 Å². The van der Waals surface area contributed by atoms with Gasteiger partial charge in [0.05, 0.1) is 24.1 Å². The van der Waals surface area contributed by atoms with Crippen LogP contribution in [0.1, 0.15) is 11.4 Å². The van der Waals surface area contributed by atoms with Crippen molar-refractivity contribution in [3.05, 3.63) is 64.3 Å². The van der Waals surface area contributed by atoms with Gasteiger partial charge in [0.25, 0.3) is 5.56 Å². The minimum absolute atomic E-state index is 0.0317. The summed E-state index contributed by atoms with van der Waals surface area (Å²) in [4.78, 5) is 25.9. The zero-order valence-electron chi connectivity index (χ0n) is 16.7. The van der Waals surface area contributed by atoms with Crippen molar-refractivity contribution < 1.29 is 22.3 Å². The number of H-pyrrole nitrogens is 1. The number of hydrogen-bond donors (Lipinski definition) is 1. The maximum Gasteiger partial charge on any atom is 0.433 e. The molecule has 0 amide bonds. The molecule has 0 unspecified atom stereocenters. The highest BCUT2D eigenvalue weighted by molar-refractivity contribution is 5.83. The zero-order valence-corrected chi connectivity index (χ0v) is 16.7. The summed E-state index contributed by atoms with van der Waals surface area (Å²) >= 11 is 0. The Hall–Kier alpha value is -4.15. The molecule has 8 nitrogen and oxygen atoms in total. The van der Waals surface area contributed by atoms with Gasteiger partial charge < -0.3 is 9.15 Å². The maximum atomic E-state index is 13.8. The maximum absolute atomic E-state index is 13.8. The van der Waals surface area contributed by atoms with E-state index in [0.717, 1.165) is 4.52 Å². The minimum Gasteiger partial charge on any atom is -0.494 e. The second-order valence-electron chi connectivity index (χ2n) is 6.94. The lowest BCUT2D eigenvalue weighted by atomic mass is 10.1. The molecule has 1 aromatic carbocycles. The van der Waals surface area contributed by atoms with Crippen LogP contribution in [-0.2, 0) is 6.18 Å². The molecule has 4 heterocycles. The monoisotopic (exact) mass is 441 g/mol. The van der Waals surface area contributed by atoms with E-state index in [2.05, 4.69) is 20.1 Å². The molecular weight excluding hydrogens is 427 g/mol. The van der Waals surface area contributed by atoms with Gasteiger partial charge in [0, 0.05) is 6.20 Å². The molecule has 0 aliphatic heterocycles. The number of pyridine rings is 1. The summed E-state index contributed by atoms with van der Waals surface area (Å²) in [6.07, 6.45) is -3.41. The average molecular weight is 441 g/mol. The predicted molar refractivity (Wildman–Crippen MR) is 108 cm³/mol. The smallest absolute Gasteiger partial charge is 0.433 e. The van der Waals surface area contributed by atoms with Crippen LogP contribution >= 0.6 is 0 Å². The molecule has 11 heteroatoms. The van der Waals surface area contributed by atoms with Crippen LogP contribution < -0.4 is 10.3 Å². The van der Waals surface area contributed by atoms with E-state index < -0.39 is 17.4 Å². The van der Waals surface area contributed by atoms with Crippen molar-refractivity contribution in [3.63, 3.8) is 0 Å². The van der Waals surface area contributed by atoms with Crippen LogP contribution in [0.15, 0.2) is 51.8 Å². The van der Waals surface area contributed by atoms with E-state index in [-0.39, 0.29) is 34.1 Å². The van der Waals surface area contributed by atoms with Crippen LogP contribution in [-0.4, -0.2) is 31.7 Å². The number of ether oxygens (including phenoxy) is 1. The lowest BCUT2D eigenvalue weighted by molar-refractivity contribution is -0.140. The number of aromatic amines is 1. The van der Waals surface area contributed by atoms with Crippen LogP contribution in [0.5, 0.6) is 5.75 Å². The quantitative estimate of drug-likeness (QED) is 0.450. The van der Waals surface area contributed by atoms with Crippen LogP contribution in [0.2, 0.25) is 0 Å². The normalized spacial score (nSPS) is 12.0. The first kappa shape index (κ1) is 19.8. The number of aryl methyl sites for hydroxylation is 1. The number of fused-ring (bicyclic) bond motifs is 2. The van der Waals surface area contributed by atoms with Gasteiger partial charge in [-0.1, -0.05) is 12.1 Å². The summed E-state index contributed by atoms with van der Waals surface area (Å²) in [6.45, 7) is 1.51. The zero-order chi connectivity index (χ0) is 22.6. The first-order chi connectivity index (χ1) is 15.3. The topological polar surface area (TPSA) is 98.3 Å². The van der Waals surface area contributed by atoms with E-state index >= 15 is 0 Å². The number of para-hydroxylation sites is 1. The Balaban J connectivity index is 1.82. The molecule has 0 atom stereocenters. The third-order valence-electron chi connectivity index (χ3n) is 4.98. The summed E-state index contributed by atoms with van der Waals surface area (Å²) in [5.74, 6) is 0.359. The van der Waals surface area contributed by atoms with Gasteiger partial charge in [0.2, 0.25) is 5.89 Å². The Kier molecular flexibility index (Phi) is 4.29. The standard InChI is InChI=1S/C21H14F3N5O3/c1-10-14(19-27-16-12(31-2)7-5-8-13(16)32-19)20(30)29-18(26-10)15(11-6-3-4-9-25-11)17(28-29)21(22,23)24/h3-9,28H,1-2H3. The average Bonchev–Trinajstić information content (AvgIpc) is 3.36. The number of methoxy groups -OCH3 is 1. The van der Waals surface area contributed by atoms with Crippen LogP contribution in [0.3, 0.4) is 0 Å². The van der Waals surface area contributed by atoms with Gasteiger partial charge in [-0.15, -0.1) is 0 Å². The Morgan fingerprint density at radius 3 is 2.59 bits per heavy atom. The van der Waals surface area contributed by atoms with E-state index in [1.54, 1.807) is 30.3 Å². The summed E-state index contributed by atoms with van der Waals surface area (Å²) in [6, 6.07) is 9.56. The minimum atomic E-state index is -4.77. The van der Waals surface area contributed by atoms with Crippen molar-refractivity contribution in [2.75, 3.05) is 7.11 Å². The molecule has 4 aromatic heterocycles. The molecular formula is C21H14F3N5O3. The van der Waals surface area contributed by atoms with Gasteiger partial charge in [0.1, 0.15) is 17.0 Å². The lowest BCUT2D eigenvalue weighted by Crippen LogP contribution is -2.20. The Bertz CT molecular complexity index is 1530. The summed E-state index contributed by atoms with van der Waals surface area (Å²) in [5, 5.41) is 2.15. The van der Waals surface area contributed by atoms with Crippen molar-refractivity contribution in [1.29, 1.82) is 0 Å². The van der Waals surface area contributed by atoms with Crippen molar-refractivity contribution >= 4 is 16.7 Å². The molecule has 0 saturated carbocycles. The molecule has 0 aliphatic rings. The third-order valence-corrected chi connectivity index (χ3v) is 4.98. The van der Waals surface area contributed by atoms with Gasteiger partial charge in [-0.25, -0.2) is 9.97 Å². The Morgan fingerprint density at radius 2 is 1.91 bits per heavy atom. The molecule has 0 radical (unpaired) electrons. The summed E-state index contributed by atoms with van der Waals surface area (Å²) in [5.41, 5.74) is -1.56. The first-order valence-electron chi connectivity index (χ1n) is 9.37. The van der Waals surface area contributed by atoms with Crippen molar-refractivity contribution in [1.82, 2.24) is 24.6 Å². The molecule has 0 spiro atoms.